The van der Waals surface area contributed by atoms with Crippen molar-refractivity contribution in [2.75, 3.05) is 5.32 Å². The number of benzene rings is 1. The van der Waals surface area contributed by atoms with E-state index in [0.717, 1.165) is 5.56 Å². The summed E-state index contributed by atoms with van der Waals surface area (Å²) in [6, 6.07) is 7.06. The summed E-state index contributed by atoms with van der Waals surface area (Å²) in [7, 11) is 0. The Bertz CT molecular complexity index is 437. The second-order valence-electron chi connectivity index (χ2n) is 3.15. The molecule has 0 aromatic heterocycles. The molecule has 0 unspecified atom stereocenters. The summed E-state index contributed by atoms with van der Waals surface area (Å²) in [5.74, 6) is -1.91. The molecule has 1 amide bonds. The van der Waals surface area contributed by atoms with Crippen molar-refractivity contribution < 1.29 is 14.7 Å². The van der Waals surface area contributed by atoms with Gasteiger partial charge in [-0.05, 0) is 19.1 Å². The number of hydrogen-bond donors (Lipinski definition) is 2. The Hall–Kier alpha value is -1.81. The van der Waals surface area contributed by atoms with Crippen LogP contribution in [-0.4, -0.2) is 17.0 Å². The summed E-state index contributed by atoms with van der Waals surface area (Å²) in [6.07, 6.45) is 0.644. The van der Waals surface area contributed by atoms with Gasteiger partial charge in [0.25, 0.3) is 5.91 Å². The van der Waals surface area contributed by atoms with Crippen LogP contribution in [0.3, 0.4) is 0 Å². The Morgan fingerprint density at radius 2 is 1.88 bits per heavy atom. The van der Waals surface area contributed by atoms with Crippen LogP contribution in [0.2, 0.25) is 0 Å². The highest BCUT2D eigenvalue weighted by Crippen LogP contribution is 2.11. The van der Waals surface area contributed by atoms with Gasteiger partial charge in [0.05, 0.1) is 0 Å². The maximum Gasteiger partial charge on any atom is 0.330 e. The van der Waals surface area contributed by atoms with E-state index in [1.54, 1.807) is 12.1 Å². The SMILES string of the molecule is Cc1ccc(NC(=O)/C(Cl)=C/C(=O)O)cc1. The average molecular weight is 240 g/mol. The van der Waals surface area contributed by atoms with E-state index in [-0.39, 0.29) is 5.03 Å². The molecule has 5 heteroatoms. The lowest BCUT2D eigenvalue weighted by molar-refractivity contribution is -0.131. The number of carboxylic acid groups (broad SMARTS) is 1. The van der Waals surface area contributed by atoms with Gasteiger partial charge in [0.2, 0.25) is 0 Å². The molecule has 0 fully saturated rings. The zero-order valence-corrected chi connectivity index (χ0v) is 9.28. The van der Waals surface area contributed by atoms with Crippen LogP contribution in [0.4, 0.5) is 5.69 Å². The number of aryl methyl sites for hydroxylation is 1. The summed E-state index contributed by atoms with van der Waals surface area (Å²) >= 11 is 5.48. The largest absolute Gasteiger partial charge is 0.478 e. The van der Waals surface area contributed by atoms with Gasteiger partial charge in [0.15, 0.2) is 0 Å². The van der Waals surface area contributed by atoms with Gasteiger partial charge >= 0.3 is 5.97 Å². The third-order valence-corrected chi connectivity index (χ3v) is 2.06. The van der Waals surface area contributed by atoms with Crippen molar-refractivity contribution in [1.82, 2.24) is 0 Å². The zero-order chi connectivity index (χ0) is 12.1. The highest BCUT2D eigenvalue weighted by atomic mass is 35.5. The van der Waals surface area contributed by atoms with Crippen LogP contribution in [0.15, 0.2) is 35.4 Å². The molecule has 84 valence electrons. The van der Waals surface area contributed by atoms with Crippen LogP contribution in [0.5, 0.6) is 0 Å². The van der Waals surface area contributed by atoms with E-state index in [1.807, 2.05) is 19.1 Å². The minimum absolute atomic E-state index is 0.368. The first-order chi connectivity index (χ1) is 7.49. The third-order valence-electron chi connectivity index (χ3n) is 1.78. The number of aliphatic carboxylic acids is 1. The minimum Gasteiger partial charge on any atom is -0.478 e. The molecule has 0 bridgehead atoms. The second kappa shape index (κ2) is 5.32. The van der Waals surface area contributed by atoms with Crippen LogP contribution in [0, 0.1) is 6.92 Å². The smallest absolute Gasteiger partial charge is 0.330 e. The maximum absolute atomic E-state index is 11.4. The predicted molar refractivity (Wildman–Crippen MR) is 61.4 cm³/mol. The summed E-state index contributed by atoms with van der Waals surface area (Å²) in [4.78, 5) is 21.6. The molecule has 16 heavy (non-hydrogen) atoms. The second-order valence-corrected chi connectivity index (χ2v) is 3.56. The van der Waals surface area contributed by atoms with Crippen molar-refractivity contribution in [2.45, 2.75) is 6.92 Å². The number of anilines is 1. The van der Waals surface area contributed by atoms with E-state index >= 15 is 0 Å². The van der Waals surface area contributed by atoms with E-state index in [4.69, 9.17) is 16.7 Å². The lowest BCUT2D eigenvalue weighted by atomic mass is 10.2. The van der Waals surface area contributed by atoms with Crippen molar-refractivity contribution in [3.8, 4) is 0 Å². The van der Waals surface area contributed by atoms with Crippen LogP contribution in [0.25, 0.3) is 0 Å². The first-order valence-corrected chi connectivity index (χ1v) is 4.85. The molecule has 0 saturated heterocycles. The summed E-state index contributed by atoms with van der Waals surface area (Å²) in [5.41, 5.74) is 1.62. The maximum atomic E-state index is 11.4. The molecule has 1 aromatic rings. The van der Waals surface area contributed by atoms with E-state index < -0.39 is 11.9 Å². The van der Waals surface area contributed by atoms with Crippen molar-refractivity contribution in [2.24, 2.45) is 0 Å². The van der Waals surface area contributed by atoms with Gasteiger partial charge in [0.1, 0.15) is 5.03 Å². The third kappa shape index (κ3) is 3.74. The molecular formula is C11H10ClNO3. The fourth-order valence-corrected chi connectivity index (χ4v) is 1.14. The Kier molecular flexibility index (Phi) is 4.08. The quantitative estimate of drug-likeness (QED) is 0.795. The predicted octanol–water partition coefficient (Wildman–Crippen LogP) is 2.14. The molecule has 1 rings (SSSR count). The van der Waals surface area contributed by atoms with Gasteiger partial charge in [-0.3, -0.25) is 4.79 Å². The van der Waals surface area contributed by atoms with Crippen molar-refractivity contribution >= 4 is 29.2 Å². The number of rotatable bonds is 3. The standard InChI is InChI=1S/C11H10ClNO3/c1-7-2-4-8(5-3-7)13-11(16)9(12)6-10(14)15/h2-6H,1H3,(H,13,16)(H,14,15)/b9-6-. The number of hydrogen-bond acceptors (Lipinski definition) is 2. The normalized spacial score (nSPS) is 11.0. The van der Waals surface area contributed by atoms with E-state index in [0.29, 0.717) is 11.8 Å². The van der Waals surface area contributed by atoms with Gasteiger partial charge in [-0.1, -0.05) is 29.3 Å². The van der Waals surface area contributed by atoms with Crippen molar-refractivity contribution in [3.63, 3.8) is 0 Å². The topological polar surface area (TPSA) is 66.4 Å². The highest BCUT2D eigenvalue weighted by Gasteiger charge is 2.08. The lowest BCUT2D eigenvalue weighted by Gasteiger charge is -2.03. The zero-order valence-electron chi connectivity index (χ0n) is 8.53. The Balaban J connectivity index is 2.71. The number of amides is 1. The van der Waals surface area contributed by atoms with Crippen LogP contribution in [0.1, 0.15) is 5.56 Å². The molecule has 0 saturated carbocycles. The summed E-state index contributed by atoms with van der Waals surface area (Å²) in [5, 5.41) is 10.5. The molecule has 1 aromatic carbocycles. The molecule has 0 aliphatic rings. The van der Waals surface area contributed by atoms with E-state index in [9.17, 15) is 9.59 Å². The van der Waals surface area contributed by atoms with Gasteiger partial charge in [-0.2, -0.15) is 0 Å². The van der Waals surface area contributed by atoms with Gasteiger partial charge in [0, 0.05) is 11.8 Å². The van der Waals surface area contributed by atoms with Gasteiger partial charge in [-0.25, -0.2) is 4.79 Å². The Morgan fingerprint density at radius 1 is 1.31 bits per heavy atom. The van der Waals surface area contributed by atoms with Crippen LogP contribution in [-0.2, 0) is 9.59 Å². The number of carboxylic acids is 1. The van der Waals surface area contributed by atoms with Gasteiger partial charge < -0.3 is 10.4 Å². The molecule has 4 nitrogen and oxygen atoms in total. The average Bonchev–Trinajstić information content (AvgIpc) is 2.20. The Labute approximate surface area is 97.5 Å². The first-order valence-electron chi connectivity index (χ1n) is 4.47. The van der Waals surface area contributed by atoms with Crippen molar-refractivity contribution in [1.29, 1.82) is 0 Å². The highest BCUT2D eigenvalue weighted by molar-refractivity contribution is 6.44. The molecule has 0 aliphatic carbocycles. The number of carbonyl (C=O) groups excluding carboxylic acids is 1. The molecule has 0 spiro atoms. The molecular weight excluding hydrogens is 230 g/mol. The molecule has 0 atom stereocenters. The van der Waals surface area contributed by atoms with Crippen molar-refractivity contribution in [3.05, 3.63) is 40.9 Å². The number of halogens is 1. The van der Waals surface area contributed by atoms with E-state index in [1.165, 1.54) is 0 Å². The minimum atomic E-state index is -1.26. The molecule has 0 radical (unpaired) electrons. The first kappa shape index (κ1) is 12.3. The fraction of sp³-hybridized carbons (Fsp3) is 0.0909. The number of carbonyl (C=O) groups is 2. The lowest BCUT2D eigenvalue weighted by Crippen LogP contribution is -2.12. The molecule has 0 heterocycles. The Morgan fingerprint density at radius 3 is 2.38 bits per heavy atom. The molecule has 2 N–H and O–H groups in total. The van der Waals surface area contributed by atoms with E-state index in [2.05, 4.69) is 5.32 Å². The summed E-state index contributed by atoms with van der Waals surface area (Å²) in [6.45, 7) is 1.92. The summed E-state index contributed by atoms with van der Waals surface area (Å²) < 4.78 is 0. The fourth-order valence-electron chi connectivity index (χ4n) is 1.00. The van der Waals surface area contributed by atoms with Crippen LogP contribution >= 0.6 is 11.6 Å². The van der Waals surface area contributed by atoms with Crippen LogP contribution < -0.4 is 5.32 Å². The van der Waals surface area contributed by atoms with Gasteiger partial charge in [-0.15, -0.1) is 0 Å². The monoisotopic (exact) mass is 239 g/mol. The number of nitrogens with one attached hydrogen (secondary N) is 1. The molecule has 0 aliphatic heterocycles.